The van der Waals surface area contributed by atoms with E-state index in [0.29, 0.717) is 5.69 Å². The van der Waals surface area contributed by atoms with Crippen LogP contribution >= 0.6 is 0 Å². The van der Waals surface area contributed by atoms with Gasteiger partial charge in [-0.1, -0.05) is 13.8 Å². The Hall–Kier alpha value is -2.04. The lowest BCUT2D eigenvalue weighted by Gasteiger charge is -2.20. The summed E-state index contributed by atoms with van der Waals surface area (Å²) in [5.41, 5.74) is 0.646. The van der Waals surface area contributed by atoms with Crippen LogP contribution in [0.3, 0.4) is 0 Å². The summed E-state index contributed by atoms with van der Waals surface area (Å²) in [5, 5.41) is 3.01. The van der Waals surface area contributed by atoms with Gasteiger partial charge in [-0.3, -0.25) is 4.79 Å². The van der Waals surface area contributed by atoms with Gasteiger partial charge in [0.15, 0.2) is 0 Å². The van der Waals surface area contributed by atoms with E-state index in [1.165, 1.54) is 0 Å². The number of rotatable bonds is 4. The third kappa shape index (κ3) is 2.45. The van der Waals surface area contributed by atoms with E-state index in [4.69, 9.17) is 0 Å². The van der Waals surface area contributed by atoms with Gasteiger partial charge in [0, 0.05) is 25.6 Å². The van der Waals surface area contributed by atoms with Crippen LogP contribution in [0.2, 0.25) is 0 Å². The van der Waals surface area contributed by atoms with Crippen molar-refractivity contribution in [2.75, 3.05) is 0 Å². The van der Waals surface area contributed by atoms with Gasteiger partial charge in [0.2, 0.25) is 0 Å². The first-order valence-corrected chi connectivity index (χ1v) is 6.01. The van der Waals surface area contributed by atoms with Gasteiger partial charge >= 0.3 is 0 Å². The molecule has 96 valence electrons. The lowest BCUT2D eigenvalue weighted by atomic mass is 10.0. The van der Waals surface area contributed by atoms with E-state index in [-0.39, 0.29) is 17.9 Å². The maximum atomic E-state index is 12.2. The molecule has 0 unspecified atom stereocenters. The summed E-state index contributed by atoms with van der Waals surface area (Å²) < 4.78 is 1.80. The molecule has 0 fully saturated rings. The van der Waals surface area contributed by atoms with Crippen LogP contribution in [-0.2, 0) is 7.05 Å². The second-order valence-electron chi connectivity index (χ2n) is 4.67. The van der Waals surface area contributed by atoms with Crippen LogP contribution in [0.15, 0.2) is 30.7 Å². The van der Waals surface area contributed by atoms with E-state index in [9.17, 15) is 4.79 Å². The number of carbonyl (C=O) groups is 1. The minimum atomic E-state index is -0.109. The molecule has 2 aromatic rings. The number of H-pyrrole nitrogens is 1. The van der Waals surface area contributed by atoms with Crippen LogP contribution in [0.25, 0.3) is 0 Å². The molecule has 2 aromatic heterocycles. The Morgan fingerprint density at radius 3 is 2.78 bits per heavy atom. The Balaban J connectivity index is 2.16. The third-order valence-corrected chi connectivity index (χ3v) is 2.94. The number of aromatic amines is 1. The van der Waals surface area contributed by atoms with Crippen molar-refractivity contribution in [3.8, 4) is 0 Å². The average Bonchev–Trinajstić information content (AvgIpc) is 2.95. The molecule has 5 heteroatoms. The fourth-order valence-electron chi connectivity index (χ4n) is 1.91. The third-order valence-electron chi connectivity index (χ3n) is 2.94. The van der Waals surface area contributed by atoms with Gasteiger partial charge < -0.3 is 14.9 Å². The molecule has 0 aliphatic carbocycles. The maximum absolute atomic E-state index is 12.2. The lowest BCUT2D eigenvalue weighted by molar-refractivity contribution is 0.0915. The number of nitrogens with one attached hydrogen (secondary N) is 2. The second-order valence-corrected chi connectivity index (χ2v) is 4.67. The monoisotopic (exact) mass is 246 g/mol. The largest absolute Gasteiger partial charge is 0.347 e. The van der Waals surface area contributed by atoms with E-state index in [1.807, 2.05) is 19.3 Å². The van der Waals surface area contributed by atoms with Crippen molar-refractivity contribution >= 4 is 5.91 Å². The number of imidazole rings is 1. The topological polar surface area (TPSA) is 62.7 Å². The minimum absolute atomic E-state index is 0.0856. The molecule has 2 N–H and O–H groups in total. The summed E-state index contributed by atoms with van der Waals surface area (Å²) in [5.74, 6) is 0.963. The molecule has 0 saturated carbocycles. The lowest BCUT2D eigenvalue weighted by Crippen LogP contribution is -2.33. The van der Waals surface area contributed by atoms with Crippen LogP contribution in [0.1, 0.15) is 36.2 Å². The molecule has 2 rings (SSSR count). The van der Waals surface area contributed by atoms with E-state index >= 15 is 0 Å². The summed E-state index contributed by atoms with van der Waals surface area (Å²) in [4.78, 5) is 19.4. The Morgan fingerprint density at radius 1 is 1.50 bits per heavy atom. The summed E-state index contributed by atoms with van der Waals surface area (Å²) in [6.45, 7) is 4.11. The molecule has 5 nitrogen and oxygen atoms in total. The average molecular weight is 246 g/mol. The van der Waals surface area contributed by atoms with Crippen molar-refractivity contribution in [2.45, 2.75) is 19.9 Å². The first-order valence-electron chi connectivity index (χ1n) is 6.01. The number of hydrogen-bond donors (Lipinski definition) is 2. The van der Waals surface area contributed by atoms with Gasteiger partial charge in [-0.2, -0.15) is 0 Å². The molecule has 1 amide bonds. The Bertz CT molecular complexity index is 513. The summed E-state index contributed by atoms with van der Waals surface area (Å²) in [6.07, 6.45) is 5.31. The van der Waals surface area contributed by atoms with Crippen molar-refractivity contribution < 1.29 is 4.79 Å². The zero-order valence-corrected chi connectivity index (χ0v) is 10.8. The normalized spacial score (nSPS) is 12.7. The van der Waals surface area contributed by atoms with Crippen molar-refractivity contribution in [2.24, 2.45) is 13.0 Å². The number of hydrogen-bond acceptors (Lipinski definition) is 2. The van der Waals surface area contributed by atoms with Crippen LogP contribution in [0.5, 0.6) is 0 Å². The molecule has 2 heterocycles. The van der Waals surface area contributed by atoms with Gasteiger partial charge in [0.1, 0.15) is 11.5 Å². The highest BCUT2D eigenvalue weighted by molar-refractivity contribution is 5.92. The van der Waals surface area contributed by atoms with E-state index < -0.39 is 0 Å². The van der Waals surface area contributed by atoms with Crippen LogP contribution < -0.4 is 5.32 Å². The highest BCUT2D eigenvalue weighted by Gasteiger charge is 2.21. The quantitative estimate of drug-likeness (QED) is 0.865. The Morgan fingerprint density at radius 2 is 2.28 bits per heavy atom. The molecule has 1 atom stereocenters. The van der Waals surface area contributed by atoms with Crippen molar-refractivity contribution in [1.29, 1.82) is 0 Å². The smallest absolute Gasteiger partial charge is 0.268 e. The summed E-state index contributed by atoms with van der Waals surface area (Å²) in [7, 11) is 1.85. The highest BCUT2D eigenvalue weighted by Crippen LogP contribution is 2.18. The predicted molar refractivity (Wildman–Crippen MR) is 69.0 cm³/mol. The summed E-state index contributed by atoms with van der Waals surface area (Å²) >= 11 is 0. The predicted octanol–water partition coefficient (Wildman–Crippen LogP) is 1.88. The van der Waals surface area contributed by atoms with Crippen molar-refractivity contribution in [1.82, 2.24) is 19.9 Å². The van der Waals surface area contributed by atoms with E-state index in [2.05, 4.69) is 29.1 Å². The SMILES string of the molecule is CC(C)[C@H](NC(=O)c1cccn1C)c1ncc[nH]1. The summed E-state index contributed by atoms with van der Waals surface area (Å²) in [6, 6.07) is 3.54. The zero-order chi connectivity index (χ0) is 13.1. The standard InChI is InChI=1S/C13H18N4O/c1-9(2)11(12-14-6-7-15-12)16-13(18)10-5-4-8-17(10)3/h4-9,11H,1-3H3,(H,14,15)(H,16,18)/t11-/m0/s1. The van der Waals surface area contributed by atoms with Crippen LogP contribution in [0.4, 0.5) is 0 Å². The van der Waals surface area contributed by atoms with Crippen LogP contribution in [0, 0.1) is 5.92 Å². The molecule has 0 aromatic carbocycles. The molecule has 0 bridgehead atoms. The van der Waals surface area contributed by atoms with Gasteiger partial charge in [0.05, 0.1) is 6.04 Å². The van der Waals surface area contributed by atoms with Crippen LogP contribution in [-0.4, -0.2) is 20.4 Å². The number of nitrogens with zero attached hydrogens (tertiary/aromatic N) is 2. The molecule has 0 spiro atoms. The minimum Gasteiger partial charge on any atom is -0.347 e. The number of carbonyl (C=O) groups excluding carboxylic acids is 1. The highest BCUT2D eigenvalue weighted by atomic mass is 16.2. The molecule has 0 aliphatic rings. The van der Waals surface area contributed by atoms with Gasteiger partial charge in [-0.05, 0) is 18.1 Å². The fourth-order valence-corrected chi connectivity index (χ4v) is 1.91. The number of aromatic nitrogens is 3. The first-order chi connectivity index (χ1) is 8.59. The molecule has 0 radical (unpaired) electrons. The van der Waals surface area contributed by atoms with E-state index in [1.54, 1.807) is 23.0 Å². The second kappa shape index (κ2) is 5.08. The molecule has 18 heavy (non-hydrogen) atoms. The van der Waals surface area contributed by atoms with Crippen molar-refractivity contribution in [3.05, 3.63) is 42.2 Å². The fraction of sp³-hybridized carbons (Fsp3) is 0.385. The van der Waals surface area contributed by atoms with Gasteiger partial charge in [-0.15, -0.1) is 0 Å². The molecule has 0 aliphatic heterocycles. The molecular formula is C13H18N4O. The van der Waals surface area contributed by atoms with E-state index in [0.717, 1.165) is 5.82 Å². The molecular weight excluding hydrogens is 228 g/mol. The number of aryl methyl sites for hydroxylation is 1. The molecule has 0 saturated heterocycles. The Labute approximate surface area is 106 Å². The Kier molecular flexibility index (Phi) is 3.50. The van der Waals surface area contributed by atoms with Gasteiger partial charge in [-0.25, -0.2) is 4.98 Å². The first kappa shape index (κ1) is 12.4. The van der Waals surface area contributed by atoms with Crippen molar-refractivity contribution in [3.63, 3.8) is 0 Å². The zero-order valence-electron chi connectivity index (χ0n) is 10.8. The maximum Gasteiger partial charge on any atom is 0.268 e. The van der Waals surface area contributed by atoms with Gasteiger partial charge in [0.25, 0.3) is 5.91 Å². The number of amides is 1.